The van der Waals surface area contributed by atoms with Crippen molar-refractivity contribution in [2.45, 2.75) is 6.10 Å². The predicted molar refractivity (Wildman–Crippen MR) is 22.4 cm³/mol. The van der Waals surface area contributed by atoms with E-state index in [0.717, 1.165) is 5.88 Å². The van der Waals surface area contributed by atoms with Crippen molar-refractivity contribution in [3.63, 3.8) is 0 Å². The van der Waals surface area contributed by atoms with Crippen LogP contribution in [0.1, 0.15) is 0 Å². The molecule has 0 rings (SSSR count). The number of halogens is 1. The first-order valence-electron chi connectivity index (χ1n) is 1.40. The summed E-state index contributed by atoms with van der Waals surface area (Å²) in [6, 6.07) is 0. The quantitative estimate of drug-likeness (QED) is 0.534. The minimum Gasteiger partial charge on any atom is -0.389 e. The Morgan fingerprint density at radius 1 is 1.67 bits per heavy atom. The Hall–Kier alpha value is 0.210. The van der Waals surface area contributed by atoms with Gasteiger partial charge in [-0.2, -0.15) is 0 Å². The molecule has 0 saturated carbocycles. The van der Waals surface area contributed by atoms with Crippen molar-refractivity contribution in [2.75, 3.05) is 0 Å². The maximum absolute atomic E-state index is 8.17. The van der Waals surface area contributed by atoms with Gasteiger partial charge in [0.2, 0.25) is 0 Å². The largest absolute Gasteiger partial charge is 0.389 e. The Labute approximate surface area is 41.4 Å². The van der Waals surface area contributed by atoms with Gasteiger partial charge in [0.25, 0.3) is 0 Å². The molecule has 36 valence electrons. The van der Waals surface area contributed by atoms with E-state index in [2.05, 4.69) is 0 Å². The molecule has 2 nitrogen and oxygen atoms in total. The molecule has 0 aliphatic rings. The fourth-order valence-corrected chi connectivity index (χ4v) is 0.0976. The Balaban J connectivity index is 2.75. The van der Waals surface area contributed by atoms with E-state index in [1.165, 1.54) is 0 Å². The van der Waals surface area contributed by atoms with E-state index in [1.54, 1.807) is 0 Å². The number of aliphatic hydroxyl groups excluding tert-OH is 2. The molecule has 3 heteroatoms. The summed E-state index contributed by atoms with van der Waals surface area (Å²) in [5, 5.41) is 16.0. The minimum absolute atomic E-state index is 0.590. The number of aliphatic hydroxyl groups is 2. The van der Waals surface area contributed by atoms with Crippen LogP contribution in [0.2, 0.25) is 0 Å². The van der Waals surface area contributed by atoms with E-state index in [1.807, 2.05) is 0 Å². The summed E-state index contributed by atoms with van der Waals surface area (Å²) in [6.07, 6.45) is -0.994. The van der Waals surface area contributed by atoms with E-state index in [-0.39, 0.29) is 0 Å². The van der Waals surface area contributed by atoms with Crippen LogP contribution in [0.3, 0.4) is 0 Å². The molecule has 0 aromatic carbocycles. The van der Waals surface area contributed by atoms with Crippen molar-refractivity contribution in [3.8, 4) is 0 Å². The van der Waals surface area contributed by atoms with E-state index >= 15 is 0 Å². The molecule has 0 aromatic heterocycles. The Kier molecular flexibility index (Phi) is 3.52. The zero-order valence-electron chi connectivity index (χ0n) is 3.00. The van der Waals surface area contributed by atoms with Gasteiger partial charge in [0.1, 0.15) is 12.7 Å². The summed E-state index contributed by atoms with van der Waals surface area (Å²) in [7, 11) is 0. The second-order valence-corrected chi connectivity index (χ2v) is 1.02. The summed E-state index contributed by atoms with van der Waals surface area (Å²) in [4.78, 5) is 0. The summed E-state index contributed by atoms with van der Waals surface area (Å²) >= 11 is 4.89. The van der Waals surface area contributed by atoms with Gasteiger partial charge in [-0.25, -0.2) is 0 Å². The fourth-order valence-electron chi connectivity index (χ4n) is 0.0325. The van der Waals surface area contributed by atoms with Gasteiger partial charge in [-0.15, -0.1) is 11.6 Å². The highest BCUT2D eigenvalue weighted by Gasteiger charge is 1.96. The topological polar surface area (TPSA) is 40.5 Å². The Morgan fingerprint density at radius 3 is 2.17 bits per heavy atom. The number of hydrogen-bond donors (Lipinski definition) is 2. The average molecular weight is 109 g/mol. The molecule has 0 fully saturated rings. The lowest BCUT2D eigenvalue weighted by atomic mass is 10.5. The van der Waals surface area contributed by atoms with Gasteiger partial charge in [-0.1, -0.05) is 0 Å². The molecular formula is C3H5ClO2. The van der Waals surface area contributed by atoms with Gasteiger partial charge in [-0.05, 0) is 0 Å². The van der Waals surface area contributed by atoms with Gasteiger partial charge in [0.15, 0.2) is 0 Å². The molecule has 2 radical (unpaired) electrons. The zero-order valence-corrected chi connectivity index (χ0v) is 3.76. The maximum atomic E-state index is 8.17. The molecule has 0 amide bonds. The lowest BCUT2D eigenvalue weighted by Crippen LogP contribution is -2.02. The van der Waals surface area contributed by atoms with Crippen LogP contribution in [0.25, 0.3) is 0 Å². The first-order valence-corrected chi connectivity index (χ1v) is 1.84. The standard InChI is InChI=1S/C3H5ClO2/c4-1-3(6)2-5/h1-3,5-6H. The highest BCUT2D eigenvalue weighted by atomic mass is 35.5. The van der Waals surface area contributed by atoms with Crippen LogP contribution in [0.15, 0.2) is 0 Å². The van der Waals surface area contributed by atoms with E-state index in [4.69, 9.17) is 21.8 Å². The monoisotopic (exact) mass is 108 g/mol. The van der Waals surface area contributed by atoms with Crippen molar-refractivity contribution in [1.82, 2.24) is 0 Å². The minimum atomic E-state index is -0.994. The SMILES string of the molecule is O[CH]C(O)[CH]Cl. The molecule has 0 heterocycles. The van der Waals surface area contributed by atoms with E-state index in [9.17, 15) is 0 Å². The highest BCUT2D eigenvalue weighted by Crippen LogP contribution is 1.93. The van der Waals surface area contributed by atoms with Gasteiger partial charge in [-0.3, -0.25) is 0 Å². The summed E-state index contributed by atoms with van der Waals surface area (Å²) < 4.78 is 0. The van der Waals surface area contributed by atoms with Crippen molar-refractivity contribution in [3.05, 3.63) is 12.5 Å². The van der Waals surface area contributed by atoms with Crippen LogP contribution in [-0.4, -0.2) is 16.3 Å². The summed E-state index contributed by atoms with van der Waals surface area (Å²) in [5.41, 5.74) is 0. The fraction of sp³-hybridized carbons (Fsp3) is 0.333. The normalized spacial score (nSPS) is 14.5. The van der Waals surface area contributed by atoms with Crippen LogP contribution < -0.4 is 0 Å². The van der Waals surface area contributed by atoms with Crippen LogP contribution in [-0.2, 0) is 0 Å². The molecule has 2 N–H and O–H groups in total. The van der Waals surface area contributed by atoms with Crippen LogP contribution in [0.5, 0.6) is 0 Å². The second kappa shape index (κ2) is 3.40. The number of rotatable bonds is 2. The zero-order chi connectivity index (χ0) is 4.99. The third-order valence-electron chi connectivity index (χ3n) is 0.282. The van der Waals surface area contributed by atoms with Crippen molar-refractivity contribution >= 4 is 11.6 Å². The lowest BCUT2D eigenvalue weighted by molar-refractivity contribution is 0.178. The molecule has 0 bridgehead atoms. The molecule has 0 aliphatic heterocycles. The van der Waals surface area contributed by atoms with Gasteiger partial charge in [0, 0.05) is 0 Å². The van der Waals surface area contributed by atoms with Gasteiger partial charge in [0.05, 0.1) is 5.88 Å². The summed E-state index contributed by atoms with van der Waals surface area (Å²) in [5.74, 6) is 0.944. The van der Waals surface area contributed by atoms with E-state index in [0.29, 0.717) is 6.61 Å². The highest BCUT2D eigenvalue weighted by molar-refractivity contribution is 6.23. The molecule has 6 heavy (non-hydrogen) atoms. The van der Waals surface area contributed by atoms with Crippen LogP contribution in [0.4, 0.5) is 0 Å². The summed E-state index contributed by atoms with van der Waals surface area (Å²) in [6.45, 7) is 0.590. The van der Waals surface area contributed by atoms with Gasteiger partial charge < -0.3 is 10.2 Å². The van der Waals surface area contributed by atoms with Crippen molar-refractivity contribution < 1.29 is 10.2 Å². The van der Waals surface area contributed by atoms with E-state index < -0.39 is 6.10 Å². The molecular weight excluding hydrogens is 103 g/mol. The smallest absolute Gasteiger partial charge is 0.110 e. The maximum Gasteiger partial charge on any atom is 0.110 e. The number of hydrogen-bond acceptors (Lipinski definition) is 2. The van der Waals surface area contributed by atoms with Crippen LogP contribution in [0, 0.1) is 12.5 Å². The van der Waals surface area contributed by atoms with Crippen molar-refractivity contribution in [2.24, 2.45) is 0 Å². The average Bonchev–Trinajstić information content (AvgIpc) is 1.65. The second-order valence-electron chi connectivity index (χ2n) is 0.766. The predicted octanol–water partition coefficient (Wildman–Crippen LogP) is 0.282. The third-order valence-corrected chi connectivity index (χ3v) is 0.540. The lowest BCUT2D eigenvalue weighted by Gasteiger charge is -1.94. The first kappa shape index (κ1) is 6.21. The van der Waals surface area contributed by atoms with Crippen LogP contribution >= 0.6 is 11.6 Å². The van der Waals surface area contributed by atoms with Crippen molar-refractivity contribution in [1.29, 1.82) is 0 Å². The molecule has 0 aliphatic carbocycles. The first-order chi connectivity index (χ1) is 2.81. The molecule has 0 spiro atoms. The molecule has 0 aromatic rings. The Bertz CT molecular complexity index is 28.0. The molecule has 0 saturated heterocycles. The Morgan fingerprint density at radius 2 is 2.17 bits per heavy atom. The molecule has 1 atom stereocenters. The third kappa shape index (κ3) is 2.45. The molecule has 1 unspecified atom stereocenters. The van der Waals surface area contributed by atoms with Gasteiger partial charge >= 0.3 is 0 Å².